The summed E-state index contributed by atoms with van der Waals surface area (Å²) in [6.07, 6.45) is 1.80. The van der Waals surface area contributed by atoms with Crippen molar-refractivity contribution >= 4 is 23.2 Å². The minimum atomic E-state index is -0.0496. The Hall–Kier alpha value is -2.24. The van der Waals surface area contributed by atoms with Crippen LogP contribution in [0.1, 0.15) is 26.7 Å². The van der Waals surface area contributed by atoms with Gasteiger partial charge in [-0.2, -0.15) is 0 Å². The molecule has 124 valence electrons. The van der Waals surface area contributed by atoms with Crippen molar-refractivity contribution in [3.63, 3.8) is 0 Å². The number of para-hydroxylation sites is 2. The second-order valence-electron chi connectivity index (χ2n) is 5.46. The van der Waals surface area contributed by atoms with Gasteiger partial charge in [-0.1, -0.05) is 26.0 Å². The zero-order valence-corrected chi connectivity index (χ0v) is 13.8. The van der Waals surface area contributed by atoms with Gasteiger partial charge in [0.25, 0.3) is 0 Å². The zero-order valence-electron chi connectivity index (χ0n) is 13.8. The summed E-state index contributed by atoms with van der Waals surface area (Å²) >= 11 is 0. The highest BCUT2D eigenvalue weighted by Crippen LogP contribution is 2.37. The predicted molar refractivity (Wildman–Crippen MR) is 91.0 cm³/mol. The van der Waals surface area contributed by atoms with Gasteiger partial charge in [-0.15, -0.1) is 0 Å². The number of nitrogens with one attached hydrogen (secondary N) is 2. The fraction of sp³-hybridized carbons (Fsp3) is 0.471. The minimum Gasteiger partial charge on any atom is -0.355 e. The molecule has 0 aliphatic carbocycles. The normalized spacial score (nSPS) is 13.0. The van der Waals surface area contributed by atoms with Crippen molar-refractivity contribution in [2.45, 2.75) is 26.7 Å². The van der Waals surface area contributed by atoms with Crippen LogP contribution in [0, 0.1) is 6.67 Å². The average Bonchev–Trinajstić information content (AvgIpc) is 2.89. The Kier molecular flexibility index (Phi) is 6.26. The molecule has 6 nitrogen and oxygen atoms in total. The summed E-state index contributed by atoms with van der Waals surface area (Å²) in [5.74, 6) is -0.0992. The minimum absolute atomic E-state index is 0.0496. The molecule has 1 aliphatic heterocycles. The molecule has 1 aromatic rings. The third-order valence-electron chi connectivity index (χ3n) is 3.45. The van der Waals surface area contributed by atoms with Crippen LogP contribution in [0.15, 0.2) is 24.3 Å². The molecule has 0 fully saturated rings. The molecule has 2 rings (SSSR count). The van der Waals surface area contributed by atoms with Crippen molar-refractivity contribution < 1.29 is 9.59 Å². The molecule has 0 saturated carbocycles. The predicted octanol–water partition coefficient (Wildman–Crippen LogP) is 1.36. The Labute approximate surface area is 137 Å². The van der Waals surface area contributed by atoms with E-state index in [1.165, 1.54) is 0 Å². The van der Waals surface area contributed by atoms with E-state index in [4.69, 9.17) is 0 Å². The zero-order chi connectivity index (χ0) is 16.7. The van der Waals surface area contributed by atoms with Crippen molar-refractivity contribution in [3.8, 4) is 0 Å². The van der Waals surface area contributed by atoms with E-state index in [-0.39, 0.29) is 24.9 Å². The van der Waals surface area contributed by atoms with Gasteiger partial charge in [0, 0.05) is 13.1 Å². The number of fused-ring (bicyclic) bond motifs is 1. The van der Waals surface area contributed by atoms with Crippen LogP contribution in [0.3, 0.4) is 0 Å². The Morgan fingerprint density at radius 2 is 1.35 bits per heavy atom. The Bertz CT molecular complexity index is 500. The standard InChI is InChI=1S/C17H24N4O2/c1-3-9-18-16(22)11-20-13-21(12-17(23)19-10-4-2)15-8-6-5-7-14(15)20/h5-8H,3-4,9-12H2,1-2H3,(H,18,22)(H,19,23). The van der Waals surface area contributed by atoms with E-state index in [0.717, 1.165) is 24.2 Å². The summed E-state index contributed by atoms with van der Waals surface area (Å²) in [7, 11) is 0. The number of anilines is 2. The van der Waals surface area contributed by atoms with Gasteiger partial charge in [-0.25, -0.2) is 0 Å². The highest BCUT2D eigenvalue weighted by Gasteiger charge is 2.29. The van der Waals surface area contributed by atoms with Gasteiger partial charge in [0.1, 0.15) is 0 Å². The number of carbonyl (C=O) groups is 2. The summed E-state index contributed by atoms with van der Waals surface area (Å²) in [6.45, 7) is 8.87. The topological polar surface area (TPSA) is 64.7 Å². The first-order valence-corrected chi connectivity index (χ1v) is 8.09. The molecule has 6 heteroatoms. The maximum atomic E-state index is 11.9. The van der Waals surface area contributed by atoms with Crippen molar-refractivity contribution in [2.75, 3.05) is 36.0 Å². The Morgan fingerprint density at radius 1 is 0.913 bits per heavy atom. The third kappa shape index (κ3) is 4.61. The molecular weight excluding hydrogens is 292 g/mol. The van der Waals surface area contributed by atoms with E-state index in [2.05, 4.69) is 17.3 Å². The molecule has 0 atom stereocenters. The summed E-state index contributed by atoms with van der Waals surface area (Å²) in [5.41, 5.74) is 1.78. The number of hydrogen-bond donors (Lipinski definition) is 2. The van der Waals surface area contributed by atoms with Crippen molar-refractivity contribution in [2.24, 2.45) is 0 Å². The highest BCUT2D eigenvalue weighted by molar-refractivity contribution is 5.90. The van der Waals surface area contributed by atoms with Crippen LogP contribution in [-0.4, -0.2) is 38.0 Å². The first-order valence-electron chi connectivity index (χ1n) is 8.09. The molecule has 1 aliphatic rings. The van der Waals surface area contributed by atoms with Gasteiger partial charge in [0.05, 0.1) is 24.5 Å². The summed E-state index contributed by atoms with van der Waals surface area (Å²) in [4.78, 5) is 27.4. The number of benzene rings is 1. The summed E-state index contributed by atoms with van der Waals surface area (Å²) in [6, 6.07) is 7.69. The molecule has 1 aromatic carbocycles. The molecule has 2 amide bonds. The smallest absolute Gasteiger partial charge is 0.239 e. The van der Waals surface area contributed by atoms with E-state index in [1.807, 2.05) is 38.1 Å². The van der Waals surface area contributed by atoms with Crippen LogP contribution in [-0.2, 0) is 9.59 Å². The molecule has 0 spiro atoms. The molecule has 23 heavy (non-hydrogen) atoms. The van der Waals surface area contributed by atoms with Crippen LogP contribution in [0.25, 0.3) is 0 Å². The fourth-order valence-electron chi connectivity index (χ4n) is 2.34. The van der Waals surface area contributed by atoms with Crippen molar-refractivity contribution in [1.29, 1.82) is 0 Å². The second-order valence-corrected chi connectivity index (χ2v) is 5.46. The molecule has 0 aromatic heterocycles. The molecule has 2 N–H and O–H groups in total. The fourth-order valence-corrected chi connectivity index (χ4v) is 2.34. The molecule has 2 radical (unpaired) electrons. The van der Waals surface area contributed by atoms with Gasteiger partial charge in [-0.3, -0.25) is 9.59 Å². The number of carbonyl (C=O) groups excluding carboxylic acids is 2. The van der Waals surface area contributed by atoms with Crippen LogP contribution in [0.2, 0.25) is 0 Å². The quantitative estimate of drug-likeness (QED) is 0.760. The second kappa shape index (κ2) is 8.41. The van der Waals surface area contributed by atoms with Crippen LogP contribution in [0.5, 0.6) is 0 Å². The van der Waals surface area contributed by atoms with E-state index >= 15 is 0 Å². The van der Waals surface area contributed by atoms with E-state index < -0.39 is 0 Å². The van der Waals surface area contributed by atoms with E-state index in [0.29, 0.717) is 13.1 Å². The van der Waals surface area contributed by atoms with Crippen LogP contribution < -0.4 is 20.4 Å². The van der Waals surface area contributed by atoms with Crippen LogP contribution >= 0.6 is 0 Å². The van der Waals surface area contributed by atoms with E-state index in [9.17, 15) is 9.59 Å². The van der Waals surface area contributed by atoms with Gasteiger partial charge in [0.2, 0.25) is 18.5 Å². The third-order valence-corrected chi connectivity index (χ3v) is 3.45. The number of amides is 2. The van der Waals surface area contributed by atoms with Gasteiger partial charge < -0.3 is 20.4 Å². The lowest BCUT2D eigenvalue weighted by Crippen LogP contribution is -2.39. The summed E-state index contributed by atoms with van der Waals surface area (Å²) in [5, 5.41) is 5.71. The average molecular weight is 316 g/mol. The van der Waals surface area contributed by atoms with Gasteiger partial charge in [0.15, 0.2) is 0 Å². The van der Waals surface area contributed by atoms with Crippen LogP contribution in [0.4, 0.5) is 11.4 Å². The molecule has 0 unspecified atom stereocenters. The monoisotopic (exact) mass is 316 g/mol. The summed E-state index contributed by atoms with van der Waals surface area (Å²) < 4.78 is 0. The number of hydrogen-bond acceptors (Lipinski definition) is 4. The van der Waals surface area contributed by atoms with E-state index in [1.54, 1.807) is 9.80 Å². The molecular formula is C17H24N4O2. The van der Waals surface area contributed by atoms with Gasteiger partial charge >= 0.3 is 0 Å². The first-order chi connectivity index (χ1) is 11.2. The molecule has 0 saturated heterocycles. The Morgan fingerprint density at radius 3 is 1.74 bits per heavy atom. The largest absolute Gasteiger partial charge is 0.355 e. The number of rotatable bonds is 8. The first kappa shape index (κ1) is 17.1. The van der Waals surface area contributed by atoms with Gasteiger partial charge in [-0.05, 0) is 25.0 Å². The number of nitrogens with zero attached hydrogens (tertiary/aromatic N) is 2. The lowest BCUT2D eigenvalue weighted by atomic mass is 10.2. The van der Waals surface area contributed by atoms with Crippen molar-refractivity contribution in [1.82, 2.24) is 10.6 Å². The highest BCUT2D eigenvalue weighted by atomic mass is 16.2. The van der Waals surface area contributed by atoms with Crippen molar-refractivity contribution in [3.05, 3.63) is 30.9 Å². The lowest BCUT2D eigenvalue weighted by molar-refractivity contribution is -0.120. The maximum Gasteiger partial charge on any atom is 0.239 e. The SMILES string of the molecule is CCCNC(=O)CN1[C]N(CC(=O)NCCC)c2ccccc21. The molecule has 0 bridgehead atoms. The molecule has 1 heterocycles. The lowest BCUT2D eigenvalue weighted by Gasteiger charge is -2.18. The maximum absolute atomic E-state index is 11.9. The Balaban J connectivity index is 2.01.